The van der Waals surface area contributed by atoms with Crippen molar-refractivity contribution in [3.63, 3.8) is 0 Å². The minimum Gasteiger partial charge on any atom is -0.292 e. The first kappa shape index (κ1) is 10.5. The zero-order chi connectivity index (χ0) is 9.84. The highest BCUT2D eigenvalue weighted by Gasteiger charge is 2.10. The number of ketones is 1. The Morgan fingerprint density at radius 3 is 2.85 bits per heavy atom. The first-order valence-electron chi connectivity index (χ1n) is 3.92. The molecule has 0 radical (unpaired) electrons. The Hall–Kier alpha value is -0.540. The van der Waals surface area contributed by atoms with Gasteiger partial charge in [0, 0.05) is 11.3 Å². The van der Waals surface area contributed by atoms with E-state index in [0.717, 1.165) is 4.90 Å². The van der Waals surface area contributed by atoms with Crippen molar-refractivity contribution in [3.05, 3.63) is 23.0 Å². The molecule has 13 heavy (non-hydrogen) atoms. The van der Waals surface area contributed by atoms with Crippen molar-refractivity contribution in [2.75, 3.05) is 6.26 Å². The van der Waals surface area contributed by atoms with Crippen LogP contribution in [-0.4, -0.2) is 17.0 Å². The first-order chi connectivity index (χ1) is 6.19. The van der Waals surface area contributed by atoms with Crippen LogP contribution in [0.25, 0.3) is 0 Å². The predicted molar refractivity (Wildman–Crippen MR) is 55.6 cm³/mol. The normalized spacial score (nSPS) is 10.1. The van der Waals surface area contributed by atoms with E-state index in [1.165, 1.54) is 11.8 Å². The number of carbonyl (C=O) groups excluding carboxylic acids is 1. The summed E-state index contributed by atoms with van der Waals surface area (Å²) in [5, 5.41) is 0.370. The van der Waals surface area contributed by atoms with Gasteiger partial charge in [-0.3, -0.25) is 4.79 Å². The molecule has 0 atom stereocenters. The standard InChI is InChI=1S/C9H10ClNOS/c1-3-6(12)9-7(13-2)4-5-8(10)11-9/h4-5H,3H2,1-2H3. The summed E-state index contributed by atoms with van der Waals surface area (Å²) in [7, 11) is 0. The molecule has 0 saturated heterocycles. The van der Waals surface area contributed by atoms with E-state index in [2.05, 4.69) is 4.98 Å². The van der Waals surface area contributed by atoms with Crippen molar-refractivity contribution in [3.8, 4) is 0 Å². The van der Waals surface area contributed by atoms with Crippen LogP contribution in [0, 0.1) is 0 Å². The number of pyridine rings is 1. The second-order valence-corrected chi connectivity index (χ2v) is 3.70. The fraction of sp³-hybridized carbons (Fsp3) is 0.333. The summed E-state index contributed by atoms with van der Waals surface area (Å²) in [6.07, 6.45) is 2.37. The van der Waals surface area contributed by atoms with E-state index in [0.29, 0.717) is 17.3 Å². The van der Waals surface area contributed by atoms with E-state index in [4.69, 9.17) is 11.6 Å². The molecule has 0 unspecified atom stereocenters. The molecule has 0 aromatic carbocycles. The molecular weight excluding hydrogens is 206 g/mol. The largest absolute Gasteiger partial charge is 0.292 e. The van der Waals surface area contributed by atoms with E-state index in [9.17, 15) is 4.79 Å². The van der Waals surface area contributed by atoms with Gasteiger partial charge in [-0.25, -0.2) is 4.98 Å². The SMILES string of the molecule is CCC(=O)c1nc(Cl)ccc1SC. The third-order valence-corrected chi connectivity index (χ3v) is 2.61. The number of halogens is 1. The van der Waals surface area contributed by atoms with Gasteiger partial charge in [0.2, 0.25) is 0 Å². The fourth-order valence-electron chi connectivity index (χ4n) is 0.954. The van der Waals surface area contributed by atoms with Crippen molar-refractivity contribution >= 4 is 29.1 Å². The molecule has 0 saturated carbocycles. The van der Waals surface area contributed by atoms with Crippen LogP contribution < -0.4 is 0 Å². The number of rotatable bonds is 3. The maximum absolute atomic E-state index is 11.4. The highest BCUT2D eigenvalue weighted by molar-refractivity contribution is 7.98. The number of nitrogens with zero attached hydrogens (tertiary/aromatic N) is 1. The number of Topliss-reactive ketones (excluding diaryl/α,β-unsaturated/α-hetero) is 1. The highest BCUT2D eigenvalue weighted by atomic mass is 35.5. The van der Waals surface area contributed by atoms with Gasteiger partial charge in [0.25, 0.3) is 0 Å². The minimum atomic E-state index is 0.0341. The molecule has 0 bridgehead atoms. The topological polar surface area (TPSA) is 30.0 Å². The monoisotopic (exact) mass is 215 g/mol. The van der Waals surface area contributed by atoms with E-state index in [1.54, 1.807) is 6.07 Å². The van der Waals surface area contributed by atoms with Gasteiger partial charge in [-0.05, 0) is 18.4 Å². The van der Waals surface area contributed by atoms with Gasteiger partial charge in [-0.1, -0.05) is 18.5 Å². The number of hydrogen-bond donors (Lipinski definition) is 0. The maximum atomic E-state index is 11.4. The van der Waals surface area contributed by atoms with Gasteiger partial charge in [-0.2, -0.15) is 0 Å². The number of thioether (sulfide) groups is 1. The Labute approximate surface area is 86.7 Å². The Balaban J connectivity index is 3.15. The summed E-state index contributed by atoms with van der Waals surface area (Å²) in [5.74, 6) is 0.0341. The highest BCUT2D eigenvalue weighted by Crippen LogP contribution is 2.21. The lowest BCUT2D eigenvalue weighted by Gasteiger charge is -2.03. The number of hydrogen-bond acceptors (Lipinski definition) is 3. The van der Waals surface area contributed by atoms with Gasteiger partial charge in [0.05, 0.1) is 0 Å². The molecule has 1 aromatic heterocycles. The third kappa shape index (κ3) is 2.45. The second kappa shape index (κ2) is 4.63. The van der Waals surface area contributed by atoms with Crippen molar-refractivity contribution in [2.45, 2.75) is 18.2 Å². The van der Waals surface area contributed by atoms with Crippen LogP contribution in [0.5, 0.6) is 0 Å². The smallest absolute Gasteiger partial charge is 0.182 e. The van der Waals surface area contributed by atoms with Gasteiger partial charge in [0.1, 0.15) is 10.8 Å². The zero-order valence-electron chi connectivity index (χ0n) is 7.50. The average molecular weight is 216 g/mol. The second-order valence-electron chi connectivity index (χ2n) is 2.46. The van der Waals surface area contributed by atoms with Crippen molar-refractivity contribution < 1.29 is 4.79 Å². The summed E-state index contributed by atoms with van der Waals surface area (Å²) in [4.78, 5) is 16.3. The summed E-state index contributed by atoms with van der Waals surface area (Å²) in [6, 6.07) is 3.52. The molecule has 0 aliphatic rings. The Morgan fingerprint density at radius 1 is 1.62 bits per heavy atom. The van der Waals surface area contributed by atoms with Gasteiger partial charge in [-0.15, -0.1) is 11.8 Å². The van der Waals surface area contributed by atoms with Crippen molar-refractivity contribution in [2.24, 2.45) is 0 Å². The molecular formula is C9H10ClNOS. The van der Waals surface area contributed by atoms with Gasteiger partial charge >= 0.3 is 0 Å². The van der Waals surface area contributed by atoms with Gasteiger partial charge < -0.3 is 0 Å². The Kier molecular flexibility index (Phi) is 3.75. The molecule has 70 valence electrons. The third-order valence-electron chi connectivity index (χ3n) is 1.63. The minimum absolute atomic E-state index is 0.0341. The van der Waals surface area contributed by atoms with Crippen LogP contribution in [0.1, 0.15) is 23.8 Å². The van der Waals surface area contributed by atoms with Crippen LogP contribution in [-0.2, 0) is 0 Å². The predicted octanol–water partition coefficient (Wildman–Crippen LogP) is 3.05. The number of aromatic nitrogens is 1. The molecule has 0 aliphatic heterocycles. The molecule has 1 aromatic rings. The zero-order valence-corrected chi connectivity index (χ0v) is 9.08. The Morgan fingerprint density at radius 2 is 2.31 bits per heavy atom. The lowest BCUT2D eigenvalue weighted by Crippen LogP contribution is -2.02. The lowest BCUT2D eigenvalue weighted by atomic mass is 10.2. The van der Waals surface area contributed by atoms with E-state index in [-0.39, 0.29) is 5.78 Å². The van der Waals surface area contributed by atoms with Crippen molar-refractivity contribution in [1.29, 1.82) is 0 Å². The molecule has 0 amide bonds. The van der Waals surface area contributed by atoms with Crippen LogP contribution in [0.15, 0.2) is 17.0 Å². The number of carbonyl (C=O) groups is 1. The first-order valence-corrected chi connectivity index (χ1v) is 5.53. The molecule has 0 fully saturated rings. The maximum Gasteiger partial charge on any atom is 0.182 e. The van der Waals surface area contributed by atoms with Crippen LogP contribution >= 0.6 is 23.4 Å². The molecule has 1 rings (SSSR count). The average Bonchev–Trinajstić information content (AvgIpc) is 2.16. The summed E-state index contributed by atoms with van der Waals surface area (Å²) < 4.78 is 0. The molecule has 0 aliphatic carbocycles. The van der Waals surface area contributed by atoms with Gasteiger partial charge in [0.15, 0.2) is 5.78 Å². The van der Waals surface area contributed by atoms with Crippen LogP contribution in [0.2, 0.25) is 5.15 Å². The Bertz CT molecular complexity index is 327. The summed E-state index contributed by atoms with van der Waals surface area (Å²) in [6.45, 7) is 1.81. The summed E-state index contributed by atoms with van der Waals surface area (Å²) >= 11 is 7.21. The summed E-state index contributed by atoms with van der Waals surface area (Å²) in [5.41, 5.74) is 0.488. The quantitative estimate of drug-likeness (QED) is 0.441. The molecule has 1 heterocycles. The van der Waals surface area contributed by atoms with Crippen LogP contribution in [0.4, 0.5) is 0 Å². The fourth-order valence-corrected chi connectivity index (χ4v) is 1.66. The molecule has 4 heteroatoms. The van der Waals surface area contributed by atoms with Crippen LogP contribution in [0.3, 0.4) is 0 Å². The van der Waals surface area contributed by atoms with E-state index >= 15 is 0 Å². The molecule has 0 spiro atoms. The van der Waals surface area contributed by atoms with E-state index < -0.39 is 0 Å². The lowest BCUT2D eigenvalue weighted by molar-refractivity contribution is 0.0980. The molecule has 0 N–H and O–H groups in total. The van der Waals surface area contributed by atoms with Crippen molar-refractivity contribution in [1.82, 2.24) is 4.98 Å². The van der Waals surface area contributed by atoms with E-state index in [1.807, 2.05) is 19.2 Å². The molecule has 2 nitrogen and oxygen atoms in total.